The van der Waals surface area contributed by atoms with E-state index in [4.69, 9.17) is 0 Å². The number of nitrogens with one attached hydrogen (secondary N) is 2. The number of sulfonamides is 1. The molecule has 0 saturated carbocycles. The molecule has 0 aliphatic carbocycles. The van der Waals surface area contributed by atoms with E-state index in [0.29, 0.717) is 24.0 Å². The summed E-state index contributed by atoms with van der Waals surface area (Å²) in [6.07, 6.45) is 1.65. The quantitative estimate of drug-likeness (QED) is 0.743. The van der Waals surface area contributed by atoms with E-state index in [9.17, 15) is 8.42 Å². The van der Waals surface area contributed by atoms with Gasteiger partial charge in [0, 0.05) is 44.1 Å². The van der Waals surface area contributed by atoms with Crippen molar-refractivity contribution < 1.29 is 8.42 Å². The predicted molar refractivity (Wildman–Crippen MR) is 85.7 cm³/mol. The average molecular weight is 316 g/mol. The van der Waals surface area contributed by atoms with E-state index in [1.807, 2.05) is 37.5 Å². The van der Waals surface area contributed by atoms with Gasteiger partial charge in [0.25, 0.3) is 0 Å². The van der Waals surface area contributed by atoms with E-state index in [1.54, 1.807) is 12.3 Å². The van der Waals surface area contributed by atoms with Gasteiger partial charge in [-0.1, -0.05) is 13.8 Å². The van der Waals surface area contributed by atoms with Crippen molar-refractivity contribution in [2.75, 3.05) is 20.6 Å². The third-order valence-electron chi connectivity index (χ3n) is 3.53. The van der Waals surface area contributed by atoms with Gasteiger partial charge in [0.15, 0.2) is 0 Å². The molecule has 1 heterocycles. The third kappa shape index (κ3) is 5.43. The van der Waals surface area contributed by atoms with Crippen LogP contribution in [0.5, 0.6) is 0 Å². The summed E-state index contributed by atoms with van der Waals surface area (Å²) in [7, 11) is 2.26. The maximum absolute atomic E-state index is 12.3. The molecule has 7 heteroatoms. The second kappa shape index (κ2) is 7.40. The van der Waals surface area contributed by atoms with Crippen LogP contribution in [-0.4, -0.2) is 50.6 Å². The highest BCUT2D eigenvalue weighted by molar-refractivity contribution is 7.89. The first-order valence-corrected chi connectivity index (χ1v) is 8.66. The molecule has 0 fully saturated rings. The summed E-state index contributed by atoms with van der Waals surface area (Å²) < 4.78 is 29.1. The topological polar surface area (TPSA) is 66.4 Å². The lowest BCUT2D eigenvalue weighted by atomic mass is 10.3. The molecule has 0 aromatic carbocycles. The highest BCUT2D eigenvalue weighted by atomic mass is 32.2. The Labute approximate surface area is 128 Å². The van der Waals surface area contributed by atoms with E-state index >= 15 is 0 Å². The molecular formula is C14H28N4O2S. The van der Waals surface area contributed by atoms with Crippen molar-refractivity contribution >= 4 is 10.0 Å². The first-order valence-electron chi connectivity index (χ1n) is 7.18. The van der Waals surface area contributed by atoms with E-state index in [0.717, 1.165) is 5.69 Å². The Bertz CT molecular complexity index is 549. The Morgan fingerprint density at radius 1 is 1.29 bits per heavy atom. The van der Waals surface area contributed by atoms with Crippen LogP contribution in [0.1, 0.15) is 26.5 Å². The number of likely N-dealkylation sites (N-methyl/N-ethyl adjacent to an activating group) is 1. The smallest absolute Gasteiger partial charge is 0.242 e. The second-order valence-electron chi connectivity index (χ2n) is 5.98. The summed E-state index contributed by atoms with van der Waals surface area (Å²) in [6.45, 7) is 7.14. The number of hydrogen-bond donors (Lipinski definition) is 2. The van der Waals surface area contributed by atoms with Gasteiger partial charge in [-0.2, -0.15) is 0 Å². The fourth-order valence-corrected chi connectivity index (χ4v) is 2.92. The molecular weight excluding hydrogens is 288 g/mol. The molecule has 0 spiro atoms. The zero-order chi connectivity index (χ0) is 16.2. The highest BCUT2D eigenvalue weighted by Crippen LogP contribution is 2.13. The van der Waals surface area contributed by atoms with Crippen LogP contribution in [0.25, 0.3) is 0 Å². The van der Waals surface area contributed by atoms with Gasteiger partial charge in [-0.15, -0.1) is 0 Å². The van der Waals surface area contributed by atoms with Crippen LogP contribution in [0, 0.1) is 0 Å². The minimum absolute atomic E-state index is 0.144. The molecule has 0 aliphatic heterocycles. The number of aromatic nitrogens is 1. The monoisotopic (exact) mass is 316 g/mol. The zero-order valence-corrected chi connectivity index (χ0v) is 14.7. The largest absolute Gasteiger partial charge is 0.352 e. The van der Waals surface area contributed by atoms with Gasteiger partial charge in [-0.25, -0.2) is 13.1 Å². The Morgan fingerprint density at radius 2 is 1.90 bits per heavy atom. The van der Waals surface area contributed by atoms with Gasteiger partial charge in [-0.05, 0) is 27.1 Å². The van der Waals surface area contributed by atoms with Gasteiger partial charge in [-0.3, -0.25) is 0 Å². The minimum Gasteiger partial charge on any atom is -0.352 e. The van der Waals surface area contributed by atoms with Crippen molar-refractivity contribution in [3.8, 4) is 0 Å². The summed E-state index contributed by atoms with van der Waals surface area (Å²) in [6, 6.07) is 2.22. The maximum atomic E-state index is 12.3. The van der Waals surface area contributed by atoms with Crippen molar-refractivity contribution in [3.63, 3.8) is 0 Å². The Hall–Kier alpha value is -0.890. The summed E-state index contributed by atoms with van der Waals surface area (Å²) in [5, 5.41) is 3.29. The van der Waals surface area contributed by atoms with Gasteiger partial charge in [0.2, 0.25) is 10.0 Å². The van der Waals surface area contributed by atoms with Crippen LogP contribution in [0.15, 0.2) is 17.2 Å². The molecule has 1 unspecified atom stereocenters. The molecule has 0 bridgehead atoms. The lowest BCUT2D eigenvalue weighted by molar-refractivity contribution is 0.314. The summed E-state index contributed by atoms with van der Waals surface area (Å²) >= 11 is 0. The van der Waals surface area contributed by atoms with Crippen LogP contribution in [-0.2, 0) is 23.6 Å². The zero-order valence-electron chi connectivity index (χ0n) is 13.8. The maximum Gasteiger partial charge on any atom is 0.242 e. The second-order valence-corrected chi connectivity index (χ2v) is 7.75. The normalized spacial score (nSPS) is 14.1. The number of hydrogen-bond acceptors (Lipinski definition) is 4. The molecule has 1 atom stereocenters. The van der Waals surface area contributed by atoms with Gasteiger partial charge >= 0.3 is 0 Å². The molecule has 0 amide bonds. The fraction of sp³-hybridized carbons (Fsp3) is 0.714. The van der Waals surface area contributed by atoms with Gasteiger partial charge in [0.05, 0.1) is 4.90 Å². The minimum atomic E-state index is -3.45. The average Bonchev–Trinajstić information content (AvgIpc) is 2.75. The molecule has 0 radical (unpaired) electrons. The van der Waals surface area contributed by atoms with Crippen LogP contribution >= 0.6 is 0 Å². The Balaban J connectivity index is 2.77. The van der Waals surface area contributed by atoms with Crippen molar-refractivity contribution in [1.82, 2.24) is 19.5 Å². The van der Waals surface area contributed by atoms with Crippen molar-refractivity contribution in [2.45, 2.75) is 44.3 Å². The first-order chi connectivity index (χ1) is 9.63. The van der Waals surface area contributed by atoms with Crippen molar-refractivity contribution in [1.29, 1.82) is 0 Å². The highest BCUT2D eigenvalue weighted by Gasteiger charge is 2.18. The third-order valence-corrected chi connectivity index (χ3v) is 4.93. The number of aryl methyl sites for hydroxylation is 1. The molecule has 1 aromatic rings. The van der Waals surface area contributed by atoms with Crippen LogP contribution in [0.3, 0.4) is 0 Å². The van der Waals surface area contributed by atoms with Crippen molar-refractivity contribution in [3.05, 3.63) is 18.0 Å². The van der Waals surface area contributed by atoms with Crippen LogP contribution < -0.4 is 10.0 Å². The van der Waals surface area contributed by atoms with Gasteiger partial charge in [0.1, 0.15) is 0 Å². The van der Waals surface area contributed by atoms with Crippen LogP contribution in [0.2, 0.25) is 0 Å². The predicted octanol–water partition coefficient (Wildman–Crippen LogP) is 0.752. The van der Waals surface area contributed by atoms with E-state index in [-0.39, 0.29) is 6.04 Å². The summed E-state index contributed by atoms with van der Waals surface area (Å²) in [5.74, 6) is 0. The number of nitrogens with zero attached hydrogens (tertiary/aromatic N) is 2. The molecule has 1 rings (SSSR count). The lowest BCUT2D eigenvalue weighted by Crippen LogP contribution is -2.38. The standard InChI is InChI=1S/C14H28N4O2S/c1-11(2)15-9-13-7-14(10-18(13)6)21(19,20)16-8-12(3)17(4)5/h7,10-12,15-16H,8-9H2,1-6H3. The fourth-order valence-electron chi connectivity index (χ4n) is 1.70. The molecule has 2 N–H and O–H groups in total. The molecule has 1 aromatic heterocycles. The number of rotatable bonds is 8. The van der Waals surface area contributed by atoms with Gasteiger partial charge < -0.3 is 14.8 Å². The Kier molecular flexibility index (Phi) is 6.40. The lowest BCUT2D eigenvalue weighted by Gasteiger charge is -2.19. The molecule has 122 valence electrons. The van der Waals surface area contributed by atoms with E-state index in [2.05, 4.69) is 23.9 Å². The summed E-state index contributed by atoms with van der Waals surface area (Å²) in [4.78, 5) is 2.29. The van der Waals surface area contributed by atoms with Crippen LogP contribution in [0.4, 0.5) is 0 Å². The van der Waals surface area contributed by atoms with E-state index < -0.39 is 10.0 Å². The first kappa shape index (κ1) is 18.2. The summed E-state index contributed by atoms with van der Waals surface area (Å²) in [5.41, 5.74) is 0.949. The molecule has 6 nitrogen and oxygen atoms in total. The van der Waals surface area contributed by atoms with Crippen molar-refractivity contribution in [2.24, 2.45) is 7.05 Å². The molecule has 0 aliphatic rings. The SMILES string of the molecule is CC(C)NCc1cc(S(=O)(=O)NCC(C)N(C)C)cn1C. The Morgan fingerprint density at radius 3 is 2.43 bits per heavy atom. The molecule has 21 heavy (non-hydrogen) atoms. The molecule has 0 saturated heterocycles. The van der Waals surface area contributed by atoms with E-state index in [1.165, 1.54) is 0 Å².